The Labute approximate surface area is 116 Å². The quantitative estimate of drug-likeness (QED) is 0.723. The van der Waals surface area contributed by atoms with Gasteiger partial charge in [-0.2, -0.15) is 0 Å². The second kappa shape index (κ2) is 8.73. The SMILES string of the molecule is Cl.O=C(CC1CCNC1)NCCOC1CCCC1. The minimum Gasteiger partial charge on any atom is -0.376 e. The number of hydrogen-bond donors (Lipinski definition) is 2. The van der Waals surface area contributed by atoms with Gasteiger partial charge in [-0.25, -0.2) is 0 Å². The molecule has 0 aromatic heterocycles. The Hall–Kier alpha value is -0.320. The molecule has 0 bridgehead atoms. The van der Waals surface area contributed by atoms with Gasteiger partial charge in [0.15, 0.2) is 0 Å². The highest BCUT2D eigenvalue weighted by atomic mass is 35.5. The number of carbonyl (C=O) groups excluding carboxylic acids is 1. The largest absolute Gasteiger partial charge is 0.376 e. The van der Waals surface area contributed by atoms with Crippen molar-refractivity contribution in [2.24, 2.45) is 5.92 Å². The van der Waals surface area contributed by atoms with E-state index in [1.165, 1.54) is 25.7 Å². The van der Waals surface area contributed by atoms with E-state index in [1.807, 2.05) is 0 Å². The lowest BCUT2D eigenvalue weighted by Crippen LogP contribution is -2.30. The van der Waals surface area contributed by atoms with Gasteiger partial charge in [0.25, 0.3) is 0 Å². The summed E-state index contributed by atoms with van der Waals surface area (Å²) in [6, 6.07) is 0. The zero-order chi connectivity index (χ0) is 11.9. The van der Waals surface area contributed by atoms with E-state index in [0.29, 0.717) is 31.6 Å². The topological polar surface area (TPSA) is 50.4 Å². The van der Waals surface area contributed by atoms with Crippen molar-refractivity contribution in [3.8, 4) is 0 Å². The molecule has 2 rings (SSSR count). The summed E-state index contributed by atoms with van der Waals surface area (Å²) in [4.78, 5) is 11.6. The molecule has 0 radical (unpaired) electrons. The van der Waals surface area contributed by atoms with Crippen molar-refractivity contribution in [1.29, 1.82) is 0 Å². The Morgan fingerprint density at radius 3 is 2.72 bits per heavy atom. The molecule has 0 aromatic carbocycles. The van der Waals surface area contributed by atoms with Crippen LogP contribution < -0.4 is 10.6 Å². The predicted molar refractivity (Wildman–Crippen MR) is 74.1 cm³/mol. The Bertz CT molecular complexity index is 239. The lowest BCUT2D eigenvalue weighted by Gasteiger charge is -2.12. The van der Waals surface area contributed by atoms with Crippen molar-refractivity contribution in [3.63, 3.8) is 0 Å². The predicted octanol–water partition coefficient (Wildman–Crippen LogP) is 1.48. The lowest BCUT2D eigenvalue weighted by molar-refractivity contribution is -0.122. The standard InChI is InChI=1S/C13H24N2O2.ClH/c16-13(9-11-5-6-14-10-11)15-7-8-17-12-3-1-2-4-12;/h11-12,14H,1-10H2,(H,15,16);1H. The van der Waals surface area contributed by atoms with E-state index in [-0.39, 0.29) is 18.3 Å². The van der Waals surface area contributed by atoms with E-state index in [9.17, 15) is 4.79 Å². The Morgan fingerprint density at radius 2 is 2.06 bits per heavy atom. The molecule has 2 N–H and O–H groups in total. The molecule has 0 aromatic rings. The summed E-state index contributed by atoms with van der Waals surface area (Å²) in [6.45, 7) is 3.38. The molecule has 1 amide bonds. The van der Waals surface area contributed by atoms with Crippen LogP contribution in [0.3, 0.4) is 0 Å². The van der Waals surface area contributed by atoms with Crippen LogP contribution >= 0.6 is 12.4 Å². The van der Waals surface area contributed by atoms with Gasteiger partial charge in [0.1, 0.15) is 0 Å². The molecule has 106 valence electrons. The lowest BCUT2D eigenvalue weighted by atomic mass is 10.0. The van der Waals surface area contributed by atoms with Crippen LogP contribution in [-0.4, -0.2) is 38.3 Å². The molecule has 1 unspecified atom stereocenters. The van der Waals surface area contributed by atoms with Crippen molar-refractivity contribution in [2.75, 3.05) is 26.2 Å². The number of ether oxygens (including phenoxy) is 1. The third kappa shape index (κ3) is 5.55. The summed E-state index contributed by atoms with van der Waals surface area (Å²) < 4.78 is 5.70. The summed E-state index contributed by atoms with van der Waals surface area (Å²) >= 11 is 0. The fourth-order valence-electron chi connectivity index (χ4n) is 2.69. The molecule has 0 spiro atoms. The van der Waals surface area contributed by atoms with E-state index < -0.39 is 0 Å². The number of nitrogens with one attached hydrogen (secondary N) is 2. The smallest absolute Gasteiger partial charge is 0.220 e. The molecule has 18 heavy (non-hydrogen) atoms. The maximum absolute atomic E-state index is 11.6. The monoisotopic (exact) mass is 276 g/mol. The van der Waals surface area contributed by atoms with E-state index in [4.69, 9.17) is 4.74 Å². The minimum absolute atomic E-state index is 0. The Kier molecular flexibility index (Phi) is 7.63. The molecule has 2 aliphatic rings. The van der Waals surface area contributed by atoms with Gasteiger partial charge in [0.05, 0.1) is 12.7 Å². The van der Waals surface area contributed by atoms with Crippen LogP contribution in [0.1, 0.15) is 38.5 Å². The minimum atomic E-state index is 0. The summed E-state index contributed by atoms with van der Waals surface area (Å²) in [7, 11) is 0. The highest BCUT2D eigenvalue weighted by Crippen LogP contribution is 2.20. The van der Waals surface area contributed by atoms with E-state index in [0.717, 1.165) is 19.5 Å². The average molecular weight is 277 g/mol. The van der Waals surface area contributed by atoms with Crippen molar-refractivity contribution in [3.05, 3.63) is 0 Å². The molecule has 4 nitrogen and oxygen atoms in total. The molecule has 1 saturated heterocycles. The fourth-order valence-corrected chi connectivity index (χ4v) is 2.69. The number of halogens is 1. The number of hydrogen-bond acceptors (Lipinski definition) is 3. The van der Waals surface area contributed by atoms with Crippen LogP contribution in [0, 0.1) is 5.92 Å². The zero-order valence-electron chi connectivity index (χ0n) is 11.0. The highest BCUT2D eigenvalue weighted by molar-refractivity contribution is 5.85. The summed E-state index contributed by atoms with van der Waals surface area (Å²) in [5.74, 6) is 0.708. The molecule has 5 heteroatoms. The third-order valence-corrected chi connectivity index (χ3v) is 3.72. The second-order valence-electron chi connectivity index (χ2n) is 5.19. The maximum Gasteiger partial charge on any atom is 0.220 e. The van der Waals surface area contributed by atoms with E-state index in [1.54, 1.807) is 0 Å². The highest BCUT2D eigenvalue weighted by Gasteiger charge is 2.18. The van der Waals surface area contributed by atoms with Gasteiger partial charge in [0, 0.05) is 13.0 Å². The van der Waals surface area contributed by atoms with Crippen molar-refractivity contribution in [2.45, 2.75) is 44.6 Å². The van der Waals surface area contributed by atoms with Crippen molar-refractivity contribution < 1.29 is 9.53 Å². The van der Waals surface area contributed by atoms with Crippen molar-refractivity contribution in [1.82, 2.24) is 10.6 Å². The molecule has 2 fully saturated rings. The molecule has 1 saturated carbocycles. The van der Waals surface area contributed by atoms with E-state index >= 15 is 0 Å². The number of amides is 1. The maximum atomic E-state index is 11.6. The van der Waals surface area contributed by atoms with Crippen LogP contribution in [0.25, 0.3) is 0 Å². The van der Waals surface area contributed by atoms with Gasteiger partial charge in [-0.05, 0) is 38.3 Å². The second-order valence-corrected chi connectivity index (χ2v) is 5.19. The van der Waals surface area contributed by atoms with Crippen LogP contribution in [0.15, 0.2) is 0 Å². The van der Waals surface area contributed by atoms with Crippen molar-refractivity contribution >= 4 is 18.3 Å². The first kappa shape index (κ1) is 15.7. The van der Waals surface area contributed by atoms with Gasteiger partial charge < -0.3 is 15.4 Å². The molecule has 1 aliphatic heterocycles. The molecule has 1 atom stereocenters. The number of carbonyl (C=O) groups is 1. The molecule has 1 aliphatic carbocycles. The number of rotatable bonds is 6. The van der Waals surface area contributed by atoms with Crippen LogP contribution in [0.5, 0.6) is 0 Å². The molecular weight excluding hydrogens is 252 g/mol. The summed E-state index contributed by atoms with van der Waals surface area (Å²) in [5, 5.41) is 6.22. The van der Waals surface area contributed by atoms with Gasteiger partial charge in [0.2, 0.25) is 5.91 Å². The van der Waals surface area contributed by atoms with Crippen LogP contribution in [-0.2, 0) is 9.53 Å². The Morgan fingerprint density at radius 1 is 1.28 bits per heavy atom. The van der Waals surface area contributed by atoms with E-state index in [2.05, 4.69) is 10.6 Å². The summed E-state index contributed by atoms with van der Waals surface area (Å²) in [5.41, 5.74) is 0. The summed E-state index contributed by atoms with van der Waals surface area (Å²) in [6.07, 6.45) is 7.23. The van der Waals surface area contributed by atoms with Gasteiger partial charge in [-0.3, -0.25) is 4.79 Å². The first-order chi connectivity index (χ1) is 8.34. The Balaban J connectivity index is 0.00000162. The normalized spacial score (nSPS) is 23.9. The molecule has 1 heterocycles. The zero-order valence-corrected chi connectivity index (χ0v) is 11.8. The van der Waals surface area contributed by atoms with Gasteiger partial charge in [-0.1, -0.05) is 12.8 Å². The fraction of sp³-hybridized carbons (Fsp3) is 0.923. The molecular formula is C13H25ClN2O2. The van der Waals surface area contributed by atoms with Crippen LogP contribution in [0.4, 0.5) is 0 Å². The average Bonchev–Trinajstić information content (AvgIpc) is 2.96. The van der Waals surface area contributed by atoms with Gasteiger partial charge in [-0.15, -0.1) is 12.4 Å². The van der Waals surface area contributed by atoms with Gasteiger partial charge >= 0.3 is 0 Å². The third-order valence-electron chi connectivity index (χ3n) is 3.72. The first-order valence-electron chi connectivity index (χ1n) is 6.93. The first-order valence-corrected chi connectivity index (χ1v) is 6.93. The van der Waals surface area contributed by atoms with Crippen LogP contribution in [0.2, 0.25) is 0 Å².